The van der Waals surface area contributed by atoms with Gasteiger partial charge in [0.2, 0.25) is 0 Å². The number of ether oxygens (including phenoxy) is 1. The summed E-state index contributed by atoms with van der Waals surface area (Å²) >= 11 is 6.19. The SMILES string of the molecule is CC(C)(C)S(=O)NC(CCO)(c1ccc(OC(F)(F)F)c(F)c1)c1nccnc1Cl. The molecule has 30 heavy (non-hydrogen) atoms. The van der Waals surface area contributed by atoms with Crippen LogP contribution >= 0.6 is 11.6 Å². The minimum Gasteiger partial charge on any atom is -0.403 e. The van der Waals surface area contributed by atoms with Crippen molar-refractivity contribution < 1.29 is 31.6 Å². The van der Waals surface area contributed by atoms with Gasteiger partial charge in [0, 0.05) is 19.0 Å². The Morgan fingerprint density at radius 1 is 1.20 bits per heavy atom. The molecule has 0 fully saturated rings. The van der Waals surface area contributed by atoms with Crippen LogP contribution in [0.25, 0.3) is 0 Å². The molecule has 0 amide bonds. The Balaban J connectivity index is 2.70. The summed E-state index contributed by atoms with van der Waals surface area (Å²) in [5, 5.41) is 9.60. The third-order valence-corrected chi connectivity index (χ3v) is 5.94. The van der Waals surface area contributed by atoms with Crippen LogP contribution in [0.15, 0.2) is 30.6 Å². The van der Waals surface area contributed by atoms with Crippen molar-refractivity contribution in [3.8, 4) is 5.75 Å². The van der Waals surface area contributed by atoms with Crippen LogP contribution in [0.2, 0.25) is 5.15 Å². The number of aliphatic hydroxyl groups is 1. The number of alkyl halides is 3. The van der Waals surface area contributed by atoms with Crippen LogP contribution in [0.4, 0.5) is 17.6 Å². The summed E-state index contributed by atoms with van der Waals surface area (Å²) in [5.74, 6) is -2.35. The fraction of sp³-hybridized carbons (Fsp3) is 0.444. The minimum atomic E-state index is -5.08. The average Bonchev–Trinajstić information content (AvgIpc) is 2.61. The molecule has 1 heterocycles. The fourth-order valence-electron chi connectivity index (χ4n) is 2.62. The lowest BCUT2D eigenvalue weighted by molar-refractivity contribution is -0.275. The van der Waals surface area contributed by atoms with E-state index in [4.69, 9.17) is 11.6 Å². The highest BCUT2D eigenvalue weighted by atomic mass is 35.5. The first-order chi connectivity index (χ1) is 13.8. The zero-order chi connectivity index (χ0) is 22.7. The highest BCUT2D eigenvalue weighted by Crippen LogP contribution is 2.38. The highest BCUT2D eigenvalue weighted by molar-refractivity contribution is 7.84. The van der Waals surface area contributed by atoms with Gasteiger partial charge < -0.3 is 9.84 Å². The topological polar surface area (TPSA) is 84.3 Å². The van der Waals surface area contributed by atoms with Gasteiger partial charge in [0.05, 0.1) is 15.7 Å². The quantitative estimate of drug-likeness (QED) is 0.602. The van der Waals surface area contributed by atoms with E-state index < -0.39 is 45.8 Å². The van der Waals surface area contributed by atoms with Crippen molar-refractivity contribution in [2.45, 2.75) is 43.8 Å². The molecule has 0 radical (unpaired) electrons. The molecule has 1 aromatic heterocycles. The summed E-state index contributed by atoms with van der Waals surface area (Å²) in [7, 11) is -1.77. The predicted octanol–water partition coefficient (Wildman–Crippen LogP) is 3.85. The number of aromatic nitrogens is 2. The van der Waals surface area contributed by atoms with Crippen molar-refractivity contribution in [2.75, 3.05) is 6.61 Å². The van der Waals surface area contributed by atoms with Gasteiger partial charge in [-0.25, -0.2) is 18.3 Å². The first kappa shape index (κ1) is 24.4. The predicted molar refractivity (Wildman–Crippen MR) is 104 cm³/mol. The summed E-state index contributed by atoms with van der Waals surface area (Å²) < 4.78 is 70.6. The third kappa shape index (κ3) is 5.65. The summed E-state index contributed by atoms with van der Waals surface area (Å²) in [6, 6.07) is 2.72. The normalized spacial score (nSPS) is 15.5. The molecular weight excluding hydrogens is 450 g/mol. The maximum atomic E-state index is 14.5. The van der Waals surface area contributed by atoms with Crippen molar-refractivity contribution in [3.05, 3.63) is 52.8 Å². The molecule has 0 saturated carbocycles. The van der Waals surface area contributed by atoms with Crippen molar-refractivity contribution >= 4 is 22.6 Å². The van der Waals surface area contributed by atoms with Crippen molar-refractivity contribution in [1.82, 2.24) is 14.7 Å². The lowest BCUT2D eigenvalue weighted by Crippen LogP contribution is -2.50. The van der Waals surface area contributed by atoms with Gasteiger partial charge in [-0.2, -0.15) is 0 Å². The zero-order valence-corrected chi connectivity index (χ0v) is 17.8. The van der Waals surface area contributed by atoms with Crippen LogP contribution in [0.1, 0.15) is 38.4 Å². The van der Waals surface area contributed by atoms with E-state index in [9.17, 15) is 26.9 Å². The largest absolute Gasteiger partial charge is 0.573 e. The number of rotatable bonds is 7. The van der Waals surface area contributed by atoms with Crippen LogP contribution in [0.5, 0.6) is 5.75 Å². The van der Waals surface area contributed by atoms with Crippen LogP contribution in [0.3, 0.4) is 0 Å². The van der Waals surface area contributed by atoms with E-state index >= 15 is 0 Å². The molecule has 12 heteroatoms. The third-order valence-electron chi connectivity index (χ3n) is 4.02. The molecule has 0 aliphatic rings. The fourth-order valence-corrected chi connectivity index (χ4v) is 3.82. The number of nitrogens with zero attached hydrogens (tertiary/aromatic N) is 2. The second-order valence-corrected chi connectivity index (χ2v) is 9.58. The smallest absolute Gasteiger partial charge is 0.403 e. The molecule has 6 nitrogen and oxygen atoms in total. The number of nitrogens with one attached hydrogen (secondary N) is 1. The van der Waals surface area contributed by atoms with E-state index in [0.717, 1.165) is 18.2 Å². The first-order valence-corrected chi connectivity index (χ1v) is 10.2. The summed E-state index contributed by atoms with van der Waals surface area (Å²) in [4.78, 5) is 8.08. The molecule has 2 atom stereocenters. The molecule has 0 aliphatic carbocycles. The van der Waals surface area contributed by atoms with E-state index in [1.165, 1.54) is 12.4 Å². The molecule has 1 aromatic carbocycles. The van der Waals surface area contributed by atoms with Gasteiger partial charge in [0.25, 0.3) is 0 Å². The maximum Gasteiger partial charge on any atom is 0.573 e. The van der Waals surface area contributed by atoms with Crippen molar-refractivity contribution in [2.24, 2.45) is 0 Å². The van der Waals surface area contributed by atoms with Gasteiger partial charge >= 0.3 is 6.36 Å². The van der Waals surface area contributed by atoms with Crippen LogP contribution in [-0.4, -0.2) is 37.0 Å². The number of halogens is 5. The van der Waals surface area contributed by atoms with Gasteiger partial charge in [0.15, 0.2) is 16.7 Å². The second kappa shape index (κ2) is 9.13. The number of hydrogen-bond donors (Lipinski definition) is 2. The zero-order valence-electron chi connectivity index (χ0n) is 16.3. The van der Waals surface area contributed by atoms with Gasteiger partial charge in [-0.05, 0) is 44.9 Å². The van der Waals surface area contributed by atoms with Crippen LogP contribution in [0, 0.1) is 5.82 Å². The molecular formula is C18H20ClF4N3O3S. The Bertz CT molecular complexity index is 924. The van der Waals surface area contributed by atoms with Gasteiger partial charge in [-0.1, -0.05) is 17.7 Å². The second-order valence-electron chi connectivity index (χ2n) is 7.25. The molecule has 0 bridgehead atoms. The summed E-state index contributed by atoms with van der Waals surface area (Å²) in [5.41, 5.74) is -1.55. The number of benzene rings is 1. The van der Waals surface area contributed by atoms with E-state index in [1.54, 1.807) is 20.8 Å². The molecule has 0 saturated heterocycles. The van der Waals surface area contributed by atoms with E-state index in [-0.39, 0.29) is 22.8 Å². The standard InChI is InChI=1S/C18H20ClF4N3O3S/c1-16(2,3)30(28)26-17(6-9-27,14-15(19)25-8-7-24-14)11-4-5-13(12(20)10-11)29-18(21,22)23/h4-5,7-8,10,26-27H,6,9H2,1-3H3. The number of aliphatic hydroxyl groups excluding tert-OH is 1. The van der Waals surface area contributed by atoms with Gasteiger partial charge in [-0.3, -0.25) is 4.98 Å². The molecule has 0 aliphatic heterocycles. The highest BCUT2D eigenvalue weighted by Gasteiger charge is 2.42. The lowest BCUT2D eigenvalue weighted by atomic mass is 9.84. The van der Waals surface area contributed by atoms with Crippen LogP contribution in [-0.2, 0) is 16.5 Å². The van der Waals surface area contributed by atoms with E-state index in [0.29, 0.717) is 0 Å². The molecule has 2 N–H and O–H groups in total. The number of hydrogen-bond acceptors (Lipinski definition) is 5. The lowest BCUT2D eigenvalue weighted by Gasteiger charge is -2.36. The van der Waals surface area contributed by atoms with Gasteiger partial charge in [0.1, 0.15) is 11.2 Å². The van der Waals surface area contributed by atoms with Crippen LogP contribution < -0.4 is 9.46 Å². The molecule has 2 aromatic rings. The average molecular weight is 470 g/mol. The molecule has 0 spiro atoms. The van der Waals surface area contributed by atoms with E-state index in [1.807, 2.05) is 0 Å². The monoisotopic (exact) mass is 469 g/mol. The minimum absolute atomic E-state index is 0.0298. The Hall–Kier alpha value is -1.82. The summed E-state index contributed by atoms with van der Waals surface area (Å²) in [6.07, 6.45) is -2.65. The first-order valence-electron chi connectivity index (χ1n) is 8.63. The van der Waals surface area contributed by atoms with Crippen molar-refractivity contribution in [3.63, 3.8) is 0 Å². The summed E-state index contributed by atoms with van der Waals surface area (Å²) in [6.45, 7) is 4.57. The molecule has 2 unspecified atom stereocenters. The van der Waals surface area contributed by atoms with Crippen molar-refractivity contribution in [1.29, 1.82) is 0 Å². The Kier molecular flexibility index (Phi) is 7.44. The molecule has 166 valence electrons. The maximum absolute atomic E-state index is 14.5. The Labute approximate surface area is 178 Å². The Morgan fingerprint density at radius 2 is 1.83 bits per heavy atom. The molecule has 2 rings (SSSR count). The van der Waals surface area contributed by atoms with E-state index in [2.05, 4.69) is 19.4 Å². The Morgan fingerprint density at radius 3 is 2.33 bits per heavy atom. The van der Waals surface area contributed by atoms with Gasteiger partial charge in [-0.15, -0.1) is 13.2 Å².